The number of nitrogens with two attached hydrogens (primary N) is 1. The van der Waals surface area contributed by atoms with Gasteiger partial charge in [-0.1, -0.05) is 6.07 Å². The van der Waals surface area contributed by atoms with Gasteiger partial charge in [0.1, 0.15) is 0 Å². The molecule has 0 bridgehead atoms. The SMILES string of the molecule is NC(=O)c1ccc2c(cnn2Cc2cccs2)c1. The third kappa shape index (κ3) is 1.89. The van der Waals surface area contributed by atoms with Crippen LogP contribution in [0, 0.1) is 0 Å². The lowest BCUT2D eigenvalue weighted by molar-refractivity contribution is 0.100. The zero-order chi connectivity index (χ0) is 12.5. The number of primary amides is 1. The molecule has 2 aromatic heterocycles. The molecule has 0 fully saturated rings. The maximum Gasteiger partial charge on any atom is 0.248 e. The quantitative estimate of drug-likeness (QED) is 0.782. The molecular weight excluding hydrogens is 246 g/mol. The van der Waals surface area contributed by atoms with Crippen molar-refractivity contribution in [3.05, 3.63) is 52.3 Å². The van der Waals surface area contributed by atoms with Gasteiger partial charge in [0, 0.05) is 15.8 Å². The van der Waals surface area contributed by atoms with E-state index in [0.717, 1.165) is 17.4 Å². The van der Waals surface area contributed by atoms with Crippen molar-refractivity contribution in [1.29, 1.82) is 0 Å². The summed E-state index contributed by atoms with van der Waals surface area (Å²) in [5.41, 5.74) is 6.78. The van der Waals surface area contributed by atoms with Gasteiger partial charge < -0.3 is 5.73 Å². The summed E-state index contributed by atoms with van der Waals surface area (Å²) >= 11 is 1.70. The van der Waals surface area contributed by atoms with Crippen molar-refractivity contribution in [2.45, 2.75) is 6.54 Å². The smallest absolute Gasteiger partial charge is 0.248 e. The zero-order valence-corrected chi connectivity index (χ0v) is 10.4. The minimum atomic E-state index is -0.414. The number of benzene rings is 1. The summed E-state index contributed by atoms with van der Waals surface area (Å²) in [4.78, 5) is 12.4. The number of aromatic nitrogens is 2. The Morgan fingerprint density at radius 1 is 1.39 bits per heavy atom. The summed E-state index contributed by atoms with van der Waals surface area (Å²) in [6, 6.07) is 9.50. The van der Waals surface area contributed by atoms with Gasteiger partial charge in [-0.15, -0.1) is 11.3 Å². The number of fused-ring (bicyclic) bond motifs is 1. The summed E-state index contributed by atoms with van der Waals surface area (Å²) in [5.74, 6) is -0.414. The highest BCUT2D eigenvalue weighted by molar-refractivity contribution is 7.09. The largest absolute Gasteiger partial charge is 0.366 e. The highest BCUT2D eigenvalue weighted by atomic mass is 32.1. The molecule has 18 heavy (non-hydrogen) atoms. The Morgan fingerprint density at radius 3 is 3.00 bits per heavy atom. The standard InChI is InChI=1S/C13H11N3OS/c14-13(17)9-3-4-12-10(6-9)7-15-16(12)8-11-2-1-5-18-11/h1-7H,8H2,(H2,14,17). The first-order valence-corrected chi connectivity index (χ1v) is 6.40. The maximum atomic E-state index is 11.1. The van der Waals surface area contributed by atoms with Crippen molar-refractivity contribution < 1.29 is 4.79 Å². The minimum absolute atomic E-state index is 0.414. The van der Waals surface area contributed by atoms with Crippen LogP contribution in [-0.2, 0) is 6.54 Å². The lowest BCUT2D eigenvalue weighted by Gasteiger charge is -2.02. The number of carbonyl (C=O) groups is 1. The van der Waals surface area contributed by atoms with E-state index in [1.54, 1.807) is 29.7 Å². The van der Waals surface area contributed by atoms with E-state index >= 15 is 0 Å². The molecule has 3 aromatic rings. The molecule has 0 saturated heterocycles. The second kappa shape index (κ2) is 4.27. The molecule has 0 aliphatic rings. The Hall–Kier alpha value is -2.14. The predicted octanol–water partition coefficient (Wildman–Crippen LogP) is 2.25. The van der Waals surface area contributed by atoms with Gasteiger partial charge in [-0.05, 0) is 29.6 Å². The summed E-state index contributed by atoms with van der Waals surface area (Å²) < 4.78 is 1.92. The molecule has 0 unspecified atom stereocenters. The van der Waals surface area contributed by atoms with E-state index in [2.05, 4.69) is 11.2 Å². The van der Waals surface area contributed by atoms with E-state index in [-0.39, 0.29) is 0 Å². The number of carbonyl (C=O) groups excluding carboxylic acids is 1. The van der Waals surface area contributed by atoms with Crippen LogP contribution in [0.1, 0.15) is 15.2 Å². The molecule has 0 spiro atoms. The van der Waals surface area contributed by atoms with Crippen molar-refractivity contribution in [2.75, 3.05) is 0 Å². The van der Waals surface area contributed by atoms with Crippen LogP contribution >= 0.6 is 11.3 Å². The van der Waals surface area contributed by atoms with Gasteiger partial charge in [0.15, 0.2) is 0 Å². The third-order valence-electron chi connectivity index (χ3n) is 2.81. The number of nitrogens with zero attached hydrogens (tertiary/aromatic N) is 2. The molecule has 3 rings (SSSR count). The summed E-state index contributed by atoms with van der Waals surface area (Å²) in [7, 11) is 0. The number of amides is 1. The maximum absolute atomic E-state index is 11.1. The van der Waals surface area contributed by atoms with E-state index in [4.69, 9.17) is 5.73 Å². The molecule has 0 saturated carbocycles. The van der Waals surface area contributed by atoms with Crippen LogP contribution in [0.2, 0.25) is 0 Å². The molecule has 0 aliphatic heterocycles. The number of thiophene rings is 1. The first-order valence-electron chi connectivity index (χ1n) is 5.52. The van der Waals surface area contributed by atoms with Crippen molar-refractivity contribution >= 4 is 28.1 Å². The molecule has 2 heterocycles. The van der Waals surface area contributed by atoms with Gasteiger partial charge in [0.2, 0.25) is 5.91 Å². The van der Waals surface area contributed by atoms with E-state index in [1.807, 2.05) is 22.2 Å². The second-order valence-electron chi connectivity index (χ2n) is 4.02. The molecule has 0 atom stereocenters. The second-order valence-corrected chi connectivity index (χ2v) is 5.05. The molecule has 1 aromatic carbocycles. The lowest BCUT2D eigenvalue weighted by Crippen LogP contribution is -2.10. The Labute approximate surface area is 108 Å². The molecule has 90 valence electrons. The van der Waals surface area contributed by atoms with Gasteiger partial charge >= 0.3 is 0 Å². The third-order valence-corrected chi connectivity index (χ3v) is 3.67. The zero-order valence-electron chi connectivity index (χ0n) is 9.54. The molecule has 0 aliphatic carbocycles. The number of rotatable bonds is 3. The Bertz CT molecular complexity index is 700. The van der Waals surface area contributed by atoms with E-state index in [9.17, 15) is 4.79 Å². The first-order chi connectivity index (χ1) is 8.74. The fraction of sp³-hybridized carbons (Fsp3) is 0.0769. The predicted molar refractivity (Wildman–Crippen MR) is 71.7 cm³/mol. The Morgan fingerprint density at radius 2 is 2.28 bits per heavy atom. The van der Waals surface area contributed by atoms with Crippen LogP contribution < -0.4 is 5.73 Å². The van der Waals surface area contributed by atoms with E-state index in [0.29, 0.717) is 5.56 Å². The number of hydrogen-bond donors (Lipinski definition) is 1. The average molecular weight is 257 g/mol. The van der Waals surface area contributed by atoms with Gasteiger partial charge in [-0.3, -0.25) is 9.48 Å². The van der Waals surface area contributed by atoms with Crippen molar-refractivity contribution in [2.24, 2.45) is 5.73 Å². The van der Waals surface area contributed by atoms with E-state index < -0.39 is 5.91 Å². The molecule has 5 heteroatoms. The lowest BCUT2D eigenvalue weighted by atomic mass is 10.1. The van der Waals surface area contributed by atoms with Crippen LogP contribution in [0.5, 0.6) is 0 Å². The fourth-order valence-electron chi connectivity index (χ4n) is 1.92. The average Bonchev–Trinajstić information content (AvgIpc) is 2.99. The monoisotopic (exact) mass is 257 g/mol. The van der Waals surface area contributed by atoms with Gasteiger partial charge in [0.05, 0.1) is 18.3 Å². The molecular formula is C13H11N3OS. The van der Waals surface area contributed by atoms with Crippen LogP contribution in [0.25, 0.3) is 10.9 Å². The summed E-state index contributed by atoms with van der Waals surface area (Å²) in [5, 5.41) is 7.32. The Kier molecular flexibility index (Phi) is 2.60. The topological polar surface area (TPSA) is 60.9 Å². The highest BCUT2D eigenvalue weighted by Crippen LogP contribution is 2.18. The van der Waals surface area contributed by atoms with Gasteiger partial charge in [-0.25, -0.2) is 0 Å². The van der Waals surface area contributed by atoms with Crippen LogP contribution in [-0.4, -0.2) is 15.7 Å². The van der Waals surface area contributed by atoms with Gasteiger partial charge in [0.25, 0.3) is 0 Å². The summed E-state index contributed by atoms with van der Waals surface area (Å²) in [6.07, 6.45) is 1.76. The van der Waals surface area contributed by atoms with Crippen molar-refractivity contribution in [1.82, 2.24) is 9.78 Å². The molecule has 0 radical (unpaired) electrons. The minimum Gasteiger partial charge on any atom is -0.366 e. The Balaban J connectivity index is 2.02. The van der Waals surface area contributed by atoms with E-state index in [1.165, 1.54) is 4.88 Å². The fourth-order valence-corrected chi connectivity index (χ4v) is 2.60. The first kappa shape index (κ1) is 11.0. The number of hydrogen-bond acceptors (Lipinski definition) is 3. The van der Waals surface area contributed by atoms with Crippen LogP contribution in [0.3, 0.4) is 0 Å². The summed E-state index contributed by atoms with van der Waals surface area (Å²) in [6.45, 7) is 0.747. The van der Waals surface area contributed by atoms with Crippen LogP contribution in [0.15, 0.2) is 41.9 Å². The normalized spacial score (nSPS) is 10.9. The highest BCUT2D eigenvalue weighted by Gasteiger charge is 2.07. The molecule has 1 amide bonds. The molecule has 4 nitrogen and oxygen atoms in total. The van der Waals surface area contributed by atoms with Crippen LogP contribution in [0.4, 0.5) is 0 Å². The van der Waals surface area contributed by atoms with Crippen molar-refractivity contribution in [3.63, 3.8) is 0 Å². The van der Waals surface area contributed by atoms with Gasteiger partial charge in [-0.2, -0.15) is 5.10 Å². The molecule has 2 N–H and O–H groups in total. The van der Waals surface area contributed by atoms with Crippen molar-refractivity contribution in [3.8, 4) is 0 Å².